The summed E-state index contributed by atoms with van der Waals surface area (Å²) in [5.41, 5.74) is 3.90. The number of carboxylic acid groups (broad SMARTS) is 1. The average molecular weight is 506 g/mol. The molecule has 194 valence electrons. The highest BCUT2D eigenvalue weighted by molar-refractivity contribution is 5.78. The minimum absolute atomic E-state index is 0.215. The van der Waals surface area contributed by atoms with Gasteiger partial charge in [0.25, 0.3) is 0 Å². The van der Waals surface area contributed by atoms with Crippen molar-refractivity contribution in [3.05, 3.63) is 60.9 Å². The van der Waals surface area contributed by atoms with Gasteiger partial charge in [-0.2, -0.15) is 0 Å². The fraction of sp³-hybridized carbons (Fsp3) is 0.385. The number of piperazine rings is 1. The fourth-order valence-corrected chi connectivity index (χ4v) is 4.51. The molecule has 4 heterocycles. The number of nitrogens with zero attached hydrogens (tertiary/aromatic N) is 6. The van der Waals surface area contributed by atoms with E-state index in [9.17, 15) is 4.79 Å². The molecular formula is C26H31N7O4. The number of rotatable bonds is 12. The number of furan rings is 1. The summed E-state index contributed by atoms with van der Waals surface area (Å²) in [6.07, 6.45) is 7.03. The van der Waals surface area contributed by atoms with E-state index in [0.717, 1.165) is 68.1 Å². The van der Waals surface area contributed by atoms with Crippen LogP contribution in [0.15, 0.2) is 59.6 Å². The number of anilines is 2. The summed E-state index contributed by atoms with van der Waals surface area (Å²) in [5.74, 6) is 0.563. The second-order valence-corrected chi connectivity index (χ2v) is 8.98. The number of aromatic nitrogens is 4. The van der Waals surface area contributed by atoms with Crippen molar-refractivity contribution in [2.24, 2.45) is 0 Å². The van der Waals surface area contributed by atoms with E-state index in [-0.39, 0.29) is 6.61 Å². The lowest BCUT2D eigenvalue weighted by atomic mass is 10.1. The third-order valence-electron chi connectivity index (χ3n) is 6.49. The van der Waals surface area contributed by atoms with Crippen LogP contribution in [0.3, 0.4) is 0 Å². The van der Waals surface area contributed by atoms with Gasteiger partial charge >= 0.3 is 5.97 Å². The highest BCUT2D eigenvalue weighted by atomic mass is 16.5. The third kappa shape index (κ3) is 6.25. The number of ether oxygens (including phenoxy) is 1. The first-order chi connectivity index (χ1) is 18.2. The Morgan fingerprint density at radius 3 is 2.70 bits per heavy atom. The monoisotopic (exact) mass is 505 g/mol. The van der Waals surface area contributed by atoms with Crippen molar-refractivity contribution in [3.63, 3.8) is 0 Å². The molecule has 0 unspecified atom stereocenters. The minimum Gasteiger partial charge on any atom is -0.480 e. The fourth-order valence-electron chi connectivity index (χ4n) is 4.51. The van der Waals surface area contributed by atoms with Gasteiger partial charge in [0.05, 0.1) is 12.8 Å². The van der Waals surface area contributed by atoms with E-state index >= 15 is 0 Å². The van der Waals surface area contributed by atoms with Crippen molar-refractivity contribution in [2.75, 3.05) is 56.2 Å². The Hall–Kier alpha value is -3.96. The second-order valence-electron chi connectivity index (χ2n) is 8.98. The molecule has 0 spiro atoms. The van der Waals surface area contributed by atoms with Crippen LogP contribution in [0.2, 0.25) is 0 Å². The van der Waals surface area contributed by atoms with Gasteiger partial charge in [0.1, 0.15) is 18.7 Å². The van der Waals surface area contributed by atoms with E-state index in [1.165, 1.54) is 5.69 Å². The van der Waals surface area contributed by atoms with Crippen LogP contribution in [0.5, 0.6) is 0 Å². The van der Waals surface area contributed by atoms with Crippen LogP contribution in [0.1, 0.15) is 18.6 Å². The summed E-state index contributed by atoms with van der Waals surface area (Å²) in [6, 6.07) is 12.3. The smallest absolute Gasteiger partial charge is 0.329 e. The summed E-state index contributed by atoms with van der Waals surface area (Å²) < 4.78 is 12.3. The number of carbonyl (C=O) groups is 1. The van der Waals surface area contributed by atoms with Crippen LogP contribution in [-0.4, -0.2) is 81.5 Å². The van der Waals surface area contributed by atoms with Crippen LogP contribution in [0.25, 0.3) is 16.8 Å². The molecule has 1 fully saturated rings. The predicted molar refractivity (Wildman–Crippen MR) is 139 cm³/mol. The molecule has 0 bridgehead atoms. The van der Waals surface area contributed by atoms with Crippen LogP contribution in [0, 0.1) is 0 Å². The molecule has 0 radical (unpaired) electrons. The molecule has 11 nitrogen and oxygen atoms in total. The van der Waals surface area contributed by atoms with Crippen molar-refractivity contribution >= 4 is 23.3 Å². The molecule has 4 aromatic rings. The maximum atomic E-state index is 10.5. The summed E-state index contributed by atoms with van der Waals surface area (Å²) >= 11 is 0. The van der Waals surface area contributed by atoms with Crippen molar-refractivity contribution < 1.29 is 19.1 Å². The van der Waals surface area contributed by atoms with Crippen LogP contribution >= 0.6 is 0 Å². The molecule has 0 saturated carbocycles. The van der Waals surface area contributed by atoms with Crippen LogP contribution in [-0.2, 0) is 16.1 Å². The molecule has 0 atom stereocenters. The molecule has 37 heavy (non-hydrogen) atoms. The average Bonchev–Trinajstić information content (AvgIpc) is 3.62. The van der Waals surface area contributed by atoms with Crippen molar-refractivity contribution in [2.45, 2.75) is 19.4 Å². The van der Waals surface area contributed by atoms with E-state index in [1.54, 1.807) is 12.6 Å². The van der Waals surface area contributed by atoms with Gasteiger partial charge in [0.2, 0.25) is 5.95 Å². The van der Waals surface area contributed by atoms with Crippen molar-refractivity contribution in [3.8, 4) is 11.1 Å². The van der Waals surface area contributed by atoms with Gasteiger partial charge < -0.3 is 24.5 Å². The van der Waals surface area contributed by atoms with E-state index < -0.39 is 5.97 Å². The first-order valence-electron chi connectivity index (χ1n) is 12.5. The van der Waals surface area contributed by atoms with Crippen LogP contribution in [0.4, 0.5) is 11.6 Å². The molecule has 3 aromatic heterocycles. The summed E-state index contributed by atoms with van der Waals surface area (Å²) in [4.78, 5) is 19.9. The zero-order valence-electron chi connectivity index (χ0n) is 20.6. The Morgan fingerprint density at radius 2 is 1.95 bits per heavy atom. The van der Waals surface area contributed by atoms with Gasteiger partial charge in [-0.3, -0.25) is 9.30 Å². The number of fused-ring (bicyclic) bond motifs is 1. The zero-order valence-corrected chi connectivity index (χ0v) is 20.6. The quantitative estimate of drug-likeness (QED) is 0.278. The Morgan fingerprint density at radius 1 is 1.11 bits per heavy atom. The molecule has 1 aliphatic heterocycles. The third-order valence-corrected chi connectivity index (χ3v) is 6.49. The zero-order chi connectivity index (χ0) is 25.5. The van der Waals surface area contributed by atoms with Gasteiger partial charge in [-0.05, 0) is 49.2 Å². The SMILES string of the molecule is O=C(O)COCCCCN1CCN(c2ccc(-c3cnc(NCc4ccco4)n4cnnc34)cc2)CC1. The van der Waals surface area contributed by atoms with E-state index in [2.05, 4.69) is 54.6 Å². The maximum Gasteiger partial charge on any atom is 0.329 e. The predicted octanol–water partition coefficient (Wildman–Crippen LogP) is 3.00. The number of hydrogen-bond donors (Lipinski definition) is 2. The van der Waals surface area contributed by atoms with Crippen molar-refractivity contribution in [1.82, 2.24) is 24.5 Å². The largest absolute Gasteiger partial charge is 0.480 e. The van der Waals surface area contributed by atoms with E-state index in [4.69, 9.17) is 14.3 Å². The standard InChI is InChI=1S/C26H31N7O4/c34-24(35)18-36-14-2-1-9-31-10-12-32(13-11-31)21-7-5-20(6-8-21)23-17-28-26(33-19-29-30-25(23)33)27-16-22-4-3-15-37-22/h3-8,15,17,19H,1-2,9-14,16,18H2,(H,27,28)(H,34,35). The van der Waals surface area contributed by atoms with Gasteiger partial charge in [-0.25, -0.2) is 9.78 Å². The number of benzene rings is 1. The van der Waals surface area contributed by atoms with Gasteiger partial charge in [-0.1, -0.05) is 12.1 Å². The highest BCUT2D eigenvalue weighted by Gasteiger charge is 2.17. The van der Waals surface area contributed by atoms with Gasteiger partial charge in [0.15, 0.2) is 5.65 Å². The molecular weight excluding hydrogens is 474 g/mol. The molecule has 1 aliphatic rings. The van der Waals surface area contributed by atoms with E-state index in [1.807, 2.05) is 22.7 Å². The molecule has 5 rings (SSSR count). The summed E-state index contributed by atoms with van der Waals surface area (Å²) in [5, 5.41) is 20.3. The number of nitrogens with one attached hydrogen (secondary N) is 1. The second kappa shape index (κ2) is 11.8. The van der Waals surface area contributed by atoms with Crippen molar-refractivity contribution in [1.29, 1.82) is 0 Å². The summed E-state index contributed by atoms with van der Waals surface area (Å²) in [6.45, 7) is 5.78. The molecule has 0 aliphatic carbocycles. The topological polar surface area (TPSA) is 121 Å². The number of unbranched alkanes of at least 4 members (excludes halogenated alkanes) is 1. The number of carboxylic acids is 1. The first kappa shape index (κ1) is 24.7. The van der Waals surface area contributed by atoms with Gasteiger partial charge in [0, 0.05) is 50.2 Å². The maximum absolute atomic E-state index is 10.5. The Kier molecular flexibility index (Phi) is 7.92. The molecule has 1 aromatic carbocycles. The molecule has 1 saturated heterocycles. The Labute approximate surface area is 214 Å². The molecule has 11 heteroatoms. The number of aliphatic carboxylic acids is 1. The van der Waals surface area contributed by atoms with Crippen LogP contribution < -0.4 is 10.2 Å². The highest BCUT2D eigenvalue weighted by Crippen LogP contribution is 2.27. The normalized spacial score (nSPS) is 14.3. The van der Waals surface area contributed by atoms with Gasteiger partial charge in [-0.15, -0.1) is 10.2 Å². The lowest BCUT2D eigenvalue weighted by Crippen LogP contribution is -2.46. The number of hydrogen-bond acceptors (Lipinski definition) is 9. The minimum atomic E-state index is -0.917. The van der Waals surface area contributed by atoms with E-state index in [0.29, 0.717) is 19.1 Å². The molecule has 0 amide bonds. The summed E-state index contributed by atoms with van der Waals surface area (Å²) in [7, 11) is 0. The Balaban J connectivity index is 1.14. The molecule has 2 N–H and O–H groups in total. The lowest BCUT2D eigenvalue weighted by molar-refractivity contribution is -0.142. The Bertz CT molecular complexity index is 1280. The first-order valence-corrected chi connectivity index (χ1v) is 12.5. The lowest BCUT2D eigenvalue weighted by Gasteiger charge is -2.36.